The number of carbonyl (C=O) groups is 1. The van der Waals surface area contributed by atoms with Crippen molar-refractivity contribution < 1.29 is 9.53 Å². The number of aromatic nitrogens is 1. The van der Waals surface area contributed by atoms with Gasteiger partial charge in [-0.05, 0) is 0 Å². The van der Waals surface area contributed by atoms with Gasteiger partial charge in [0.25, 0.3) is 0 Å². The second kappa shape index (κ2) is 4.14. The Hall–Kier alpha value is -1.17. The number of carbonyl (C=O) groups excluding carboxylic acids is 1. The molecule has 0 bridgehead atoms. The molecule has 1 aromatic heterocycles. The van der Waals surface area contributed by atoms with E-state index < -0.39 is 27.4 Å². The molecule has 1 aliphatic rings. The predicted molar refractivity (Wildman–Crippen MR) is 58.6 cm³/mol. The normalized spacial score (nSPS) is 12.3. The van der Waals surface area contributed by atoms with E-state index >= 15 is 0 Å². The van der Waals surface area contributed by atoms with Crippen molar-refractivity contribution in [1.29, 1.82) is 0 Å². The molecule has 0 aliphatic carbocycles. The Bertz CT molecular complexity index is 469. The molecule has 0 unspecified atom stereocenters. The molecular weight excluding hydrogens is 299 g/mol. The number of hydrogen-bond donors (Lipinski definition) is 0. The first kappa shape index (κ1) is 10.4. The van der Waals surface area contributed by atoms with Gasteiger partial charge < -0.3 is 0 Å². The van der Waals surface area contributed by atoms with Gasteiger partial charge in [-0.2, -0.15) is 0 Å². The zero-order valence-electron chi connectivity index (χ0n) is 8.15. The van der Waals surface area contributed by atoms with Crippen molar-refractivity contribution >= 4 is 43.3 Å². The molecule has 1 aromatic rings. The van der Waals surface area contributed by atoms with Gasteiger partial charge in [0.2, 0.25) is 0 Å². The molecule has 0 atom stereocenters. The van der Waals surface area contributed by atoms with E-state index in [0.29, 0.717) is 5.69 Å². The van der Waals surface area contributed by atoms with Gasteiger partial charge in [-0.25, -0.2) is 0 Å². The fraction of sp³-hybridized carbons (Fsp3) is 0.100. The van der Waals surface area contributed by atoms with Crippen molar-refractivity contribution in [2.75, 3.05) is 7.11 Å². The second-order valence-electron chi connectivity index (χ2n) is 2.92. The van der Waals surface area contributed by atoms with E-state index in [1.165, 1.54) is 7.11 Å². The minimum absolute atomic E-state index is 0.345. The molecule has 5 heteroatoms. The molecule has 0 aromatic carbocycles. The van der Waals surface area contributed by atoms with Crippen LogP contribution in [0.4, 0.5) is 0 Å². The van der Waals surface area contributed by atoms with E-state index in [9.17, 15) is 4.79 Å². The number of ether oxygens (including phenoxy) is 1. The number of fused-ring (bicyclic) bond motifs is 1. The van der Waals surface area contributed by atoms with E-state index in [2.05, 4.69) is 19.5 Å². The third-order valence-electron chi connectivity index (χ3n) is 2.11. The number of esters is 1. The first-order valence-corrected chi connectivity index (χ1v) is 7.01. The summed E-state index contributed by atoms with van der Waals surface area (Å²) in [4.78, 5) is 15.5. The molecule has 1 aliphatic heterocycles. The number of pyridine rings is 1. The molecule has 0 fully saturated rings. The Morgan fingerprint density at radius 1 is 1.67 bits per heavy atom. The average Bonchev–Trinajstić information content (AvgIpc) is 2.74. The van der Waals surface area contributed by atoms with Gasteiger partial charge in [0.1, 0.15) is 0 Å². The zero-order valence-corrected chi connectivity index (χ0v) is 11.0. The van der Waals surface area contributed by atoms with Crippen molar-refractivity contribution in [3.8, 4) is 0 Å². The van der Waals surface area contributed by atoms with E-state index in [1.807, 2.05) is 6.21 Å². The van der Waals surface area contributed by atoms with Crippen LogP contribution in [-0.2, 0) is 4.74 Å². The summed E-state index contributed by atoms with van der Waals surface area (Å²) in [6.45, 7) is 3.71. The van der Waals surface area contributed by atoms with Gasteiger partial charge >= 0.3 is 97.7 Å². The van der Waals surface area contributed by atoms with Crippen LogP contribution >= 0.6 is 0 Å². The maximum atomic E-state index is 11.4. The van der Waals surface area contributed by atoms with Crippen molar-refractivity contribution in [3.05, 3.63) is 29.6 Å². The molecule has 15 heavy (non-hydrogen) atoms. The van der Waals surface area contributed by atoms with Crippen LogP contribution in [0.25, 0.3) is 6.08 Å². The van der Waals surface area contributed by atoms with Crippen molar-refractivity contribution in [1.82, 2.24) is 4.98 Å². The number of rotatable bonds is 2. The molecule has 0 saturated heterocycles. The average molecular weight is 307 g/mol. The molecule has 2 heterocycles. The van der Waals surface area contributed by atoms with Gasteiger partial charge in [0.05, 0.1) is 0 Å². The van der Waals surface area contributed by atoms with E-state index in [-0.39, 0.29) is 0 Å². The van der Waals surface area contributed by atoms with Crippen LogP contribution in [-0.4, -0.2) is 45.7 Å². The second-order valence-corrected chi connectivity index (χ2v) is 5.72. The molecule has 0 amide bonds. The molecule has 0 spiro atoms. The van der Waals surface area contributed by atoms with Crippen molar-refractivity contribution in [3.63, 3.8) is 0 Å². The molecule has 2 radical (unpaired) electrons. The third kappa shape index (κ3) is 1.69. The minimum atomic E-state index is -0.935. The molecule has 4 nitrogen and oxygen atoms in total. The van der Waals surface area contributed by atoms with Gasteiger partial charge in [0.15, 0.2) is 0 Å². The fourth-order valence-electron chi connectivity index (χ4n) is 1.39. The van der Waals surface area contributed by atoms with E-state index in [4.69, 9.17) is 0 Å². The van der Waals surface area contributed by atoms with Crippen LogP contribution in [0.15, 0.2) is 16.0 Å². The standard InChI is InChI=1S/C10H8N2O2.Sn/c1-3-8-4-7(5-11)6-12-9(8)10(13)14-2;/h3,5-6H,1H2,2H3;/q-1;+1. The van der Waals surface area contributed by atoms with Crippen LogP contribution in [0.3, 0.4) is 0 Å². The summed E-state index contributed by atoms with van der Waals surface area (Å²) in [5, 5.41) is 0. The Morgan fingerprint density at radius 2 is 2.47 bits per heavy atom. The molecule has 74 valence electrons. The number of methoxy groups -OCH3 is 1. The Balaban J connectivity index is 2.59. The Kier molecular flexibility index (Phi) is 2.85. The Morgan fingerprint density at radius 3 is 3.13 bits per heavy atom. The summed E-state index contributed by atoms with van der Waals surface area (Å²) in [6.07, 6.45) is 5.15. The molecule has 0 N–H and O–H groups in total. The van der Waals surface area contributed by atoms with Crippen LogP contribution in [0.5, 0.6) is 0 Å². The zero-order chi connectivity index (χ0) is 10.8. The first-order valence-electron chi connectivity index (χ1n) is 4.30. The Labute approximate surface area is 97.7 Å². The van der Waals surface area contributed by atoms with Crippen LogP contribution < -0.4 is 3.58 Å². The molecular formula is C10H8N2O2Sn. The summed E-state index contributed by atoms with van der Waals surface area (Å²) < 4.78 is 10.1. The topological polar surface area (TPSA) is 51.5 Å². The fourth-order valence-corrected chi connectivity index (χ4v) is 4.05. The summed E-state index contributed by atoms with van der Waals surface area (Å²) in [7, 11) is 1.35. The molecule has 2 rings (SSSR count). The van der Waals surface area contributed by atoms with Gasteiger partial charge in [-0.1, -0.05) is 0 Å². The van der Waals surface area contributed by atoms with E-state index in [0.717, 1.165) is 14.7 Å². The van der Waals surface area contributed by atoms with Gasteiger partial charge in [-0.3, -0.25) is 0 Å². The SMILES string of the molecule is C=Cc1c(C(=O)OC)ncc2[c]1[Sn][N]=C2. The van der Waals surface area contributed by atoms with Crippen molar-refractivity contribution in [2.24, 2.45) is 3.21 Å². The van der Waals surface area contributed by atoms with Crippen LogP contribution in [0, 0.1) is 0 Å². The first-order chi connectivity index (χ1) is 7.27. The van der Waals surface area contributed by atoms with Crippen molar-refractivity contribution in [2.45, 2.75) is 0 Å². The summed E-state index contributed by atoms with van der Waals surface area (Å²) >= 11 is -0.935. The van der Waals surface area contributed by atoms with Crippen LogP contribution in [0.1, 0.15) is 21.6 Å². The van der Waals surface area contributed by atoms with Gasteiger partial charge in [0, 0.05) is 0 Å². The number of hydrogen-bond acceptors (Lipinski definition) is 4. The molecule has 0 saturated carbocycles. The maximum absolute atomic E-state index is 11.4. The summed E-state index contributed by atoms with van der Waals surface area (Å²) in [6, 6.07) is 0. The number of nitrogens with zero attached hydrogens (tertiary/aromatic N) is 2. The van der Waals surface area contributed by atoms with Gasteiger partial charge in [-0.15, -0.1) is 0 Å². The van der Waals surface area contributed by atoms with Crippen LogP contribution in [0.2, 0.25) is 0 Å². The monoisotopic (exact) mass is 308 g/mol. The third-order valence-corrected chi connectivity index (χ3v) is 5.08. The quantitative estimate of drug-likeness (QED) is 0.579. The predicted octanol–water partition coefficient (Wildman–Crippen LogP) is 0.188. The van der Waals surface area contributed by atoms with E-state index in [1.54, 1.807) is 12.3 Å². The summed E-state index contributed by atoms with van der Waals surface area (Å²) in [5.74, 6) is -0.418. The summed E-state index contributed by atoms with van der Waals surface area (Å²) in [5.41, 5.74) is 2.16.